The number of fused-ring (bicyclic) bond motifs is 1. The second-order valence-corrected chi connectivity index (χ2v) is 6.57. The van der Waals surface area contributed by atoms with Crippen LogP contribution in [0, 0.1) is 0 Å². The zero-order valence-corrected chi connectivity index (χ0v) is 13.9. The summed E-state index contributed by atoms with van der Waals surface area (Å²) in [5.74, 6) is 0. The molecule has 0 radical (unpaired) electrons. The highest BCUT2D eigenvalue weighted by molar-refractivity contribution is 14.1. The van der Waals surface area contributed by atoms with Gasteiger partial charge in [-0.1, -0.05) is 29.5 Å². The predicted molar refractivity (Wildman–Crippen MR) is 83.1 cm³/mol. The van der Waals surface area contributed by atoms with Gasteiger partial charge in [-0.05, 0) is 62.8 Å². The Balaban J connectivity index is 2.47. The first-order valence-electron chi connectivity index (χ1n) is 6.72. The number of hydrogen-bond acceptors (Lipinski definition) is 2. The standard InChI is InChI=1S/C15H23IO2/c1-5-15-11(3)10(2)13(17)8-12(15)6-7-14(4,9-16)18-15/h8,13,17H,5-7,9H2,1-4H3. The lowest BCUT2D eigenvalue weighted by atomic mass is 9.71. The number of ether oxygens (including phenoxy) is 1. The van der Waals surface area contributed by atoms with Crippen LogP contribution in [0.5, 0.6) is 0 Å². The van der Waals surface area contributed by atoms with E-state index in [0.29, 0.717) is 0 Å². The van der Waals surface area contributed by atoms with E-state index < -0.39 is 6.10 Å². The Morgan fingerprint density at radius 1 is 1.50 bits per heavy atom. The molecule has 1 N–H and O–H groups in total. The number of hydrogen-bond donors (Lipinski definition) is 1. The van der Waals surface area contributed by atoms with Crippen LogP contribution in [0.25, 0.3) is 0 Å². The number of aliphatic hydroxyl groups excluding tert-OH is 1. The molecular weight excluding hydrogens is 339 g/mol. The third-order valence-corrected chi connectivity index (χ3v) is 6.26. The van der Waals surface area contributed by atoms with Crippen molar-refractivity contribution in [3.8, 4) is 0 Å². The third-order valence-electron chi connectivity index (χ3n) is 4.64. The molecule has 1 heterocycles. The minimum absolute atomic E-state index is 0.0439. The Kier molecular flexibility index (Phi) is 3.96. The van der Waals surface area contributed by atoms with E-state index in [2.05, 4.69) is 43.4 Å². The lowest BCUT2D eigenvalue weighted by Crippen LogP contribution is -2.52. The first kappa shape index (κ1) is 14.5. The van der Waals surface area contributed by atoms with Crippen molar-refractivity contribution in [3.63, 3.8) is 0 Å². The zero-order valence-electron chi connectivity index (χ0n) is 11.7. The Bertz CT molecular complexity index is 413. The summed E-state index contributed by atoms with van der Waals surface area (Å²) in [5, 5.41) is 10.1. The van der Waals surface area contributed by atoms with Gasteiger partial charge in [0.25, 0.3) is 0 Å². The molecule has 1 aliphatic carbocycles. The topological polar surface area (TPSA) is 29.5 Å². The van der Waals surface area contributed by atoms with E-state index in [0.717, 1.165) is 29.3 Å². The first-order valence-corrected chi connectivity index (χ1v) is 8.24. The maximum Gasteiger partial charge on any atom is 0.111 e. The molecule has 0 saturated carbocycles. The molecule has 0 aromatic carbocycles. The monoisotopic (exact) mass is 362 g/mol. The molecule has 2 nitrogen and oxygen atoms in total. The minimum Gasteiger partial charge on any atom is -0.385 e. The van der Waals surface area contributed by atoms with Gasteiger partial charge in [-0.15, -0.1) is 0 Å². The summed E-state index contributed by atoms with van der Waals surface area (Å²) in [6.07, 6.45) is 4.61. The summed E-state index contributed by atoms with van der Waals surface area (Å²) < 4.78 is 7.56. The van der Waals surface area contributed by atoms with Gasteiger partial charge in [0.2, 0.25) is 0 Å². The van der Waals surface area contributed by atoms with Crippen molar-refractivity contribution in [2.24, 2.45) is 0 Å². The maximum absolute atomic E-state index is 10.1. The Morgan fingerprint density at radius 3 is 2.72 bits per heavy atom. The fraction of sp³-hybridized carbons (Fsp3) is 0.733. The Morgan fingerprint density at radius 2 is 2.17 bits per heavy atom. The molecule has 0 amide bonds. The number of halogens is 1. The quantitative estimate of drug-likeness (QED) is 0.460. The van der Waals surface area contributed by atoms with Crippen LogP contribution >= 0.6 is 22.6 Å². The Labute approximate surface area is 124 Å². The third kappa shape index (κ3) is 2.08. The lowest BCUT2D eigenvalue weighted by Gasteiger charge is -2.51. The van der Waals surface area contributed by atoms with E-state index in [-0.39, 0.29) is 11.2 Å². The van der Waals surface area contributed by atoms with Gasteiger partial charge in [0.1, 0.15) is 5.60 Å². The average Bonchev–Trinajstić information content (AvgIpc) is 2.37. The molecule has 0 aromatic rings. The van der Waals surface area contributed by atoms with Gasteiger partial charge in [-0.2, -0.15) is 0 Å². The fourth-order valence-electron chi connectivity index (χ4n) is 3.19. The highest BCUT2D eigenvalue weighted by atomic mass is 127. The van der Waals surface area contributed by atoms with Gasteiger partial charge < -0.3 is 9.84 Å². The summed E-state index contributed by atoms with van der Waals surface area (Å²) in [6.45, 7) is 8.53. The number of aliphatic hydroxyl groups is 1. The molecule has 18 heavy (non-hydrogen) atoms. The van der Waals surface area contributed by atoms with Crippen molar-refractivity contribution in [2.75, 3.05) is 4.43 Å². The molecule has 2 aliphatic rings. The second kappa shape index (κ2) is 4.91. The van der Waals surface area contributed by atoms with Gasteiger partial charge in [0.05, 0.1) is 11.7 Å². The average molecular weight is 362 g/mol. The molecule has 1 aliphatic heterocycles. The number of alkyl halides is 1. The highest BCUT2D eigenvalue weighted by Gasteiger charge is 2.48. The summed E-state index contributed by atoms with van der Waals surface area (Å²) in [4.78, 5) is 0. The van der Waals surface area contributed by atoms with E-state index in [4.69, 9.17) is 4.74 Å². The van der Waals surface area contributed by atoms with Crippen LogP contribution < -0.4 is 0 Å². The van der Waals surface area contributed by atoms with Crippen molar-refractivity contribution in [2.45, 2.75) is 64.3 Å². The van der Waals surface area contributed by atoms with E-state index in [9.17, 15) is 5.11 Å². The van der Waals surface area contributed by atoms with Gasteiger partial charge in [0, 0.05) is 4.43 Å². The SMILES string of the molecule is CCC12OC(C)(CI)CCC1=CC(O)C(C)=C2C. The van der Waals surface area contributed by atoms with Crippen LogP contribution in [-0.4, -0.2) is 26.8 Å². The van der Waals surface area contributed by atoms with Crippen molar-refractivity contribution < 1.29 is 9.84 Å². The van der Waals surface area contributed by atoms with Crippen LogP contribution in [0.1, 0.15) is 47.0 Å². The molecule has 0 bridgehead atoms. The largest absolute Gasteiger partial charge is 0.385 e. The number of rotatable bonds is 2. The normalized spacial score (nSPS) is 40.6. The van der Waals surface area contributed by atoms with Crippen LogP contribution in [0.2, 0.25) is 0 Å². The van der Waals surface area contributed by atoms with Gasteiger partial charge in [-0.3, -0.25) is 0 Å². The fourth-order valence-corrected chi connectivity index (χ4v) is 3.73. The van der Waals surface area contributed by atoms with E-state index >= 15 is 0 Å². The lowest BCUT2D eigenvalue weighted by molar-refractivity contribution is -0.125. The van der Waals surface area contributed by atoms with Crippen molar-refractivity contribution in [3.05, 3.63) is 22.8 Å². The molecule has 0 aromatic heterocycles. The molecule has 0 spiro atoms. The summed E-state index contributed by atoms with van der Waals surface area (Å²) >= 11 is 2.42. The van der Waals surface area contributed by atoms with Gasteiger partial charge in [0.15, 0.2) is 0 Å². The molecule has 3 unspecified atom stereocenters. The van der Waals surface area contributed by atoms with Crippen LogP contribution in [0.4, 0.5) is 0 Å². The molecule has 3 heteroatoms. The van der Waals surface area contributed by atoms with Crippen molar-refractivity contribution in [1.82, 2.24) is 0 Å². The maximum atomic E-state index is 10.1. The summed E-state index contributed by atoms with van der Waals surface area (Å²) in [6, 6.07) is 0. The summed E-state index contributed by atoms with van der Waals surface area (Å²) in [5.41, 5.74) is 3.24. The molecule has 1 fully saturated rings. The minimum atomic E-state index is -0.424. The predicted octanol–water partition coefficient (Wildman–Crippen LogP) is 3.78. The molecule has 1 saturated heterocycles. The van der Waals surface area contributed by atoms with Crippen LogP contribution in [0.3, 0.4) is 0 Å². The molecular formula is C15H23IO2. The molecule has 102 valence electrons. The second-order valence-electron chi connectivity index (χ2n) is 5.81. The van der Waals surface area contributed by atoms with Gasteiger partial charge in [-0.25, -0.2) is 0 Å². The van der Waals surface area contributed by atoms with E-state index in [1.165, 1.54) is 11.1 Å². The van der Waals surface area contributed by atoms with Crippen molar-refractivity contribution >= 4 is 22.6 Å². The van der Waals surface area contributed by atoms with Gasteiger partial charge >= 0.3 is 0 Å². The van der Waals surface area contributed by atoms with Crippen LogP contribution in [0.15, 0.2) is 22.8 Å². The van der Waals surface area contributed by atoms with E-state index in [1.807, 2.05) is 13.0 Å². The molecule has 2 rings (SSSR count). The van der Waals surface area contributed by atoms with Crippen LogP contribution in [-0.2, 0) is 4.74 Å². The first-order chi connectivity index (χ1) is 8.38. The zero-order chi connectivity index (χ0) is 13.6. The van der Waals surface area contributed by atoms with Crippen molar-refractivity contribution in [1.29, 1.82) is 0 Å². The Hall–Kier alpha value is 0.130. The highest BCUT2D eigenvalue weighted by Crippen LogP contribution is 2.49. The molecule has 3 atom stereocenters. The summed E-state index contributed by atoms with van der Waals surface area (Å²) in [7, 11) is 0. The smallest absolute Gasteiger partial charge is 0.111 e. The van der Waals surface area contributed by atoms with E-state index in [1.54, 1.807) is 0 Å².